The predicted octanol–water partition coefficient (Wildman–Crippen LogP) is 0.964. The SMILES string of the molecule is C#CCON=CC1CN2CCC1CC2. The van der Waals surface area contributed by atoms with Crippen LogP contribution in [0.25, 0.3) is 0 Å². The van der Waals surface area contributed by atoms with Gasteiger partial charge < -0.3 is 9.74 Å². The van der Waals surface area contributed by atoms with E-state index in [1.165, 1.54) is 25.9 Å². The number of hydrogen-bond acceptors (Lipinski definition) is 3. The third kappa shape index (κ3) is 2.08. The van der Waals surface area contributed by atoms with Crippen LogP contribution in [0, 0.1) is 24.2 Å². The fourth-order valence-electron chi connectivity index (χ4n) is 2.38. The Morgan fingerprint density at radius 1 is 1.50 bits per heavy atom. The molecule has 3 nitrogen and oxygen atoms in total. The van der Waals surface area contributed by atoms with Gasteiger partial charge in [0, 0.05) is 18.7 Å². The maximum absolute atomic E-state index is 5.05. The number of terminal acetylenes is 1. The Balaban J connectivity index is 1.81. The molecule has 3 heterocycles. The second kappa shape index (κ2) is 4.47. The molecule has 3 saturated heterocycles. The zero-order valence-electron chi connectivity index (χ0n) is 8.35. The van der Waals surface area contributed by atoms with E-state index in [2.05, 4.69) is 16.0 Å². The van der Waals surface area contributed by atoms with E-state index in [0.717, 1.165) is 12.5 Å². The van der Waals surface area contributed by atoms with Gasteiger partial charge in [-0.05, 0) is 31.8 Å². The molecule has 0 aromatic rings. The van der Waals surface area contributed by atoms with E-state index in [1.807, 2.05) is 6.21 Å². The van der Waals surface area contributed by atoms with Crippen LogP contribution in [0.3, 0.4) is 0 Å². The summed E-state index contributed by atoms with van der Waals surface area (Å²) in [6, 6.07) is 0. The molecule has 0 aromatic carbocycles. The minimum absolute atomic E-state index is 0.275. The molecule has 0 N–H and O–H groups in total. The summed E-state index contributed by atoms with van der Waals surface area (Å²) in [5.74, 6) is 3.79. The summed E-state index contributed by atoms with van der Waals surface area (Å²) in [5, 5.41) is 3.91. The Morgan fingerprint density at radius 3 is 2.86 bits per heavy atom. The van der Waals surface area contributed by atoms with Crippen molar-refractivity contribution >= 4 is 6.21 Å². The normalized spacial score (nSPS) is 35.8. The van der Waals surface area contributed by atoms with Gasteiger partial charge >= 0.3 is 0 Å². The van der Waals surface area contributed by atoms with Gasteiger partial charge in [-0.25, -0.2) is 0 Å². The van der Waals surface area contributed by atoms with Gasteiger partial charge in [0.1, 0.15) is 0 Å². The highest BCUT2D eigenvalue weighted by Crippen LogP contribution is 2.30. The molecular weight excluding hydrogens is 176 g/mol. The van der Waals surface area contributed by atoms with Crippen molar-refractivity contribution in [1.29, 1.82) is 0 Å². The summed E-state index contributed by atoms with van der Waals surface area (Å²) in [5.41, 5.74) is 0. The van der Waals surface area contributed by atoms with Crippen LogP contribution < -0.4 is 0 Å². The number of hydrogen-bond donors (Lipinski definition) is 0. The highest BCUT2D eigenvalue weighted by molar-refractivity contribution is 5.61. The Hall–Kier alpha value is -1.01. The summed E-state index contributed by atoms with van der Waals surface area (Å²) in [6.45, 7) is 3.95. The molecule has 1 atom stereocenters. The molecule has 3 rings (SSSR count). The van der Waals surface area contributed by atoms with E-state index in [1.54, 1.807) is 0 Å². The van der Waals surface area contributed by atoms with E-state index >= 15 is 0 Å². The minimum atomic E-state index is 0.275. The van der Waals surface area contributed by atoms with Gasteiger partial charge in [-0.2, -0.15) is 0 Å². The molecule has 0 aromatic heterocycles. The van der Waals surface area contributed by atoms with Gasteiger partial charge in [-0.15, -0.1) is 6.42 Å². The summed E-state index contributed by atoms with van der Waals surface area (Å²) in [7, 11) is 0. The van der Waals surface area contributed by atoms with Crippen LogP contribution in [0.2, 0.25) is 0 Å². The molecular formula is C11H16N2O. The van der Waals surface area contributed by atoms with Crippen molar-refractivity contribution in [2.45, 2.75) is 12.8 Å². The van der Waals surface area contributed by atoms with Gasteiger partial charge in [0.15, 0.2) is 6.61 Å². The number of fused-ring (bicyclic) bond motifs is 3. The molecule has 1 unspecified atom stereocenters. The Labute approximate surface area is 85.1 Å². The van der Waals surface area contributed by atoms with E-state index < -0.39 is 0 Å². The lowest BCUT2D eigenvalue weighted by molar-refractivity contribution is 0.0811. The molecule has 0 aliphatic carbocycles. The summed E-state index contributed by atoms with van der Waals surface area (Å²) in [4.78, 5) is 7.41. The van der Waals surface area contributed by atoms with Crippen molar-refractivity contribution in [3.63, 3.8) is 0 Å². The first kappa shape index (κ1) is 9.54. The van der Waals surface area contributed by atoms with Crippen LogP contribution in [0.4, 0.5) is 0 Å². The topological polar surface area (TPSA) is 24.8 Å². The van der Waals surface area contributed by atoms with Gasteiger partial charge in [-0.3, -0.25) is 0 Å². The van der Waals surface area contributed by atoms with Crippen LogP contribution in [0.1, 0.15) is 12.8 Å². The molecule has 76 valence electrons. The van der Waals surface area contributed by atoms with Crippen LogP contribution in [0.15, 0.2) is 5.16 Å². The van der Waals surface area contributed by atoms with Crippen LogP contribution in [-0.4, -0.2) is 37.4 Å². The van der Waals surface area contributed by atoms with Crippen molar-refractivity contribution < 1.29 is 4.84 Å². The fourth-order valence-corrected chi connectivity index (χ4v) is 2.38. The first-order valence-electron chi connectivity index (χ1n) is 5.21. The summed E-state index contributed by atoms with van der Waals surface area (Å²) >= 11 is 0. The molecule has 3 aliphatic heterocycles. The minimum Gasteiger partial charge on any atom is -0.383 e. The van der Waals surface area contributed by atoms with E-state index in [0.29, 0.717) is 5.92 Å². The van der Waals surface area contributed by atoms with Crippen LogP contribution in [-0.2, 0) is 4.84 Å². The Morgan fingerprint density at radius 2 is 2.29 bits per heavy atom. The number of piperidine rings is 3. The molecule has 0 amide bonds. The average molecular weight is 192 g/mol. The van der Waals surface area contributed by atoms with Gasteiger partial charge in [-0.1, -0.05) is 11.1 Å². The van der Waals surface area contributed by atoms with Crippen LogP contribution >= 0.6 is 0 Å². The summed E-state index contributed by atoms with van der Waals surface area (Å²) < 4.78 is 0. The van der Waals surface area contributed by atoms with Crippen molar-refractivity contribution in [3.05, 3.63) is 0 Å². The largest absolute Gasteiger partial charge is 0.383 e. The van der Waals surface area contributed by atoms with Gasteiger partial charge in [0.25, 0.3) is 0 Å². The van der Waals surface area contributed by atoms with Crippen molar-refractivity contribution in [2.75, 3.05) is 26.2 Å². The Bertz CT molecular complexity index is 249. The van der Waals surface area contributed by atoms with Crippen LogP contribution in [0.5, 0.6) is 0 Å². The lowest BCUT2D eigenvalue weighted by Crippen LogP contribution is -2.47. The second-order valence-electron chi connectivity index (χ2n) is 4.03. The highest BCUT2D eigenvalue weighted by atomic mass is 16.6. The Kier molecular flexibility index (Phi) is 3.05. The smallest absolute Gasteiger partial charge is 0.177 e. The third-order valence-electron chi connectivity index (χ3n) is 3.18. The van der Waals surface area contributed by atoms with E-state index in [9.17, 15) is 0 Å². The molecule has 3 aliphatic rings. The maximum Gasteiger partial charge on any atom is 0.177 e. The van der Waals surface area contributed by atoms with E-state index in [-0.39, 0.29) is 6.61 Å². The van der Waals surface area contributed by atoms with Gasteiger partial charge in [0.2, 0.25) is 0 Å². The predicted molar refractivity (Wildman–Crippen MR) is 55.9 cm³/mol. The second-order valence-corrected chi connectivity index (χ2v) is 4.03. The van der Waals surface area contributed by atoms with Gasteiger partial charge in [0.05, 0.1) is 0 Å². The number of oxime groups is 1. The summed E-state index contributed by atoms with van der Waals surface area (Å²) in [6.07, 6.45) is 9.61. The van der Waals surface area contributed by atoms with Crippen molar-refractivity contribution in [2.24, 2.45) is 17.0 Å². The molecule has 0 saturated carbocycles. The molecule has 0 radical (unpaired) electrons. The lowest BCUT2D eigenvalue weighted by Gasteiger charge is -2.43. The monoisotopic (exact) mass is 192 g/mol. The molecule has 0 spiro atoms. The zero-order chi connectivity index (χ0) is 9.80. The molecule has 2 bridgehead atoms. The fraction of sp³-hybridized carbons (Fsp3) is 0.727. The first-order valence-corrected chi connectivity index (χ1v) is 5.21. The van der Waals surface area contributed by atoms with Crippen molar-refractivity contribution in [1.82, 2.24) is 4.90 Å². The quantitative estimate of drug-likeness (QED) is 0.288. The standard InChI is InChI=1S/C11H16N2O/c1-2-7-14-12-8-11-9-13-5-3-10(11)4-6-13/h1,8,10-11H,3-7,9H2. The highest BCUT2D eigenvalue weighted by Gasteiger charge is 2.32. The van der Waals surface area contributed by atoms with Crippen molar-refractivity contribution in [3.8, 4) is 12.3 Å². The third-order valence-corrected chi connectivity index (χ3v) is 3.18. The lowest BCUT2D eigenvalue weighted by atomic mass is 9.80. The maximum atomic E-state index is 5.05. The first-order chi connectivity index (χ1) is 6.90. The zero-order valence-corrected chi connectivity index (χ0v) is 8.35. The average Bonchev–Trinajstić information content (AvgIpc) is 2.26. The number of nitrogens with zero attached hydrogens (tertiary/aromatic N) is 2. The number of rotatable bonds is 3. The molecule has 3 heteroatoms. The molecule has 14 heavy (non-hydrogen) atoms. The van der Waals surface area contributed by atoms with E-state index in [4.69, 9.17) is 11.3 Å². The molecule has 3 fully saturated rings.